The Kier molecular flexibility index (Phi) is 2.95. The first-order valence-corrected chi connectivity index (χ1v) is 5.43. The van der Waals surface area contributed by atoms with Gasteiger partial charge in [-0.15, -0.1) is 0 Å². The topological polar surface area (TPSA) is 57.6 Å². The average molecular weight is 231 g/mol. The normalized spacial score (nSPS) is 14.0. The zero-order valence-electron chi connectivity index (χ0n) is 9.35. The van der Waals surface area contributed by atoms with Gasteiger partial charge < -0.3 is 5.11 Å². The molecule has 0 unspecified atom stereocenters. The van der Waals surface area contributed by atoms with E-state index in [-0.39, 0.29) is 17.6 Å². The molecule has 0 saturated heterocycles. The number of fused-ring (bicyclic) bond motifs is 1. The maximum atomic E-state index is 11.9. The first-order valence-electron chi connectivity index (χ1n) is 5.43. The largest absolute Gasteiger partial charge is 0.513 e. The highest BCUT2D eigenvalue weighted by molar-refractivity contribution is 6.21. The standard InChI is InChI=1S/C13H13NO3/c1-9(15)5-4-8-14-12(16)10-6-2-3-7-11(10)13(14)17/h2-3,6-7,15H,1,4-5,8H2. The number of aliphatic hydroxyl groups excluding tert-OH is 1. The number of nitrogens with zero attached hydrogens (tertiary/aromatic N) is 1. The molecule has 1 heterocycles. The second-order valence-corrected chi connectivity index (χ2v) is 3.98. The van der Waals surface area contributed by atoms with E-state index >= 15 is 0 Å². The summed E-state index contributed by atoms with van der Waals surface area (Å²) in [5.41, 5.74) is 0.917. The molecule has 1 aromatic rings. The summed E-state index contributed by atoms with van der Waals surface area (Å²) < 4.78 is 0. The molecular weight excluding hydrogens is 218 g/mol. The van der Waals surface area contributed by atoms with Gasteiger partial charge in [0.25, 0.3) is 11.8 Å². The van der Waals surface area contributed by atoms with Crippen LogP contribution < -0.4 is 0 Å². The van der Waals surface area contributed by atoms with Crippen molar-refractivity contribution in [3.8, 4) is 0 Å². The van der Waals surface area contributed by atoms with Crippen LogP contribution in [-0.2, 0) is 0 Å². The zero-order chi connectivity index (χ0) is 12.4. The molecule has 1 aliphatic rings. The van der Waals surface area contributed by atoms with Gasteiger partial charge in [0.05, 0.1) is 16.9 Å². The SMILES string of the molecule is C=C(O)CCCN1C(=O)c2ccccc2C1=O. The van der Waals surface area contributed by atoms with Crippen LogP contribution in [0.25, 0.3) is 0 Å². The lowest BCUT2D eigenvalue weighted by molar-refractivity contribution is 0.0651. The molecule has 0 bridgehead atoms. The first-order chi connectivity index (χ1) is 8.11. The summed E-state index contributed by atoms with van der Waals surface area (Å²) in [6, 6.07) is 6.78. The zero-order valence-corrected chi connectivity index (χ0v) is 9.35. The van der Waals surface area contributed by atoms with E-state index in [2.05, 4.69) is 6.58 Å². The lowest BCUT2D eigenvalue weighted by Crippen LogP contribution is -2.30. The molecule has 0 saturated carbocycles. The van der Waals surface area contributed by atoms with Crippen LogP contribution in [0.5, 0.6) is 0 Å². The number of amides is 2. The fourth-order valence-electron chi connectivity index (χ4n) is 1.88. The van der Waals surface area contributed by atoms with Gasteiger partial charge in [0.1, 0.15) is 0 Å². The molecule has 1 aromatic carbocycles. The summed E-state index contributed by atoms with van der Waals surface area (Å²) >= 11 is 0. The summed E-state index contributed by atoms with van der Waals surface area (Å²) in [5.74, 6) is -0.440. The maximum absolute atomic E-state index is 11.9. The van der Waals surface area contributed by atoms with Crippen molar-refractivity contribution < 1.29 is 14.7 Å². The van der Waals surface area contributed by atoms with Crippen molar-refractivity contribution >= 4 is 11.8 Å². The molecule has 1 N–H and O–H groups in total. The van der Waals surface area contributed by atoms with E-state index in [9.17, 15) is 9.59 Å². The molecule has 2 amide bonds. The molecule has 4 heteroatoms. The van der Waals surface area contributed by atoms with Crippen LogP contribution >= 0.6 is 0 Å². The fourth-order valence-corrected chi connectivity index (χ4v) is 1.88. The molecule has 0 fully saturated rings. The number of allylic oxidation sites excluding steroid dienone is 1. The number of carbonyl (C=O) groups excluding carboxylic acids is 2. The van der Waals surface area contributed by atoms with Crippen molar-refractivity contribution in [3.63, 3.8) is 0 Å². The lowest BCUT2D eigenvalue weighted by atomic mass is 10.1. The van der Waals surface area contributed by atoms with E-state index in [4.69, 9.17) is 5.11 Å². The Morgan fingerprint density at radius 1 is 1.18 bits per heavy atom. The van der Waals surface area contributed by atoms with Crippen LogP contribution in [0.1, 0.15) is 33.6 Å². The molecular formula is C13H13NO3. The molecule has 0 spiro atoms. The smallest absolute Gasteiger partial charge is 0.261 e. The number of hydrogen-bond donors (Lipinski definition) is 1. The Morgan fingerprint density at radius 2 is 1.71 bits per heavy atom. The van der Waals surface area contributed by atoms with Gasteiger partial charge in [-0.1, -0.05) is 18.7 Å². The van der Waals surface area contributed by atoms with Gasteiger partial charge in [0.2, 0.25) is 0 Å². The van der Waals surface area contributed by atoms with Crippen molar-refractivity contribution in [2.75, 3.05) is 6.54 Å². The van der Waals surface area contributed by atoms with E-state index in [1.165, 1.54) is 4.90 Å². The number of rotatable bonds is 4. The summed E-state index contributed by atoms with van der Waals surface area (Å²) in [6.45, 7) is 3.68. The van der Waals surface area contributed by atoms with E-state index in [1.54, 1.807) is 24.3 Å². The number of imide groups is 1. The highest BCUT2D eigenvalue weighted by atomic mass is 16.3. The van der Waals surface area contributed by atoms with Crippen molar-refractivity contribution in [1.82, 2.24) is 4.90 Å². The molecule has 88 valence electrons. The van der Waals surface area contributed by atoms with Crippen LogP contribution in [0.2, 0.25) is 0 Å². The minimum Gasteiger partial charge on any atom is -0.513 e. The highest BCUT2D eigenvalue weighted by Gasteiger charge is 2.34. The molecule has 0 aromatic heterocycles. The van der Waals surface area contributed by atoms with Gasteiger partial charge in [-0.3, -0.25) is 14.5 Å². The fraction of sp³-hybridized carbons (Fsp3) is 0.231. The Balaban J connectivity index is 2.11. The van der Waals surface area contributed by atoms with Crippen molar-refractivity contribution in [3.05, 3.63) is 47.7 Å². The molecule has 1 aliphatic heterocycles. The Hall–Kier alpha value is -2.10. The van der Waals surface area contributed by atoms with Gasteiger partial charge in [-0.2, -0.15) is 0 Å². The number of benzene rings is 1. The van der Waals surface area contributed by atoms with Crippen molar-refractivity contribution in [1.29, 1.82) is 0 Å². The molecule has 4 nitrogen and oxygen atoms in total. The minimum absolute atomic E-state index is 0.0709. The van der Waals surface area contributed by atoms with Crippen LogP contribution in [0.4, 0.5) is 0 Å². The second kappa shape index (κ2) is 4.41. The predicted molar refractivity (Wildman–Crippen MR) is 62.8 cm³/mol. The van der Waals surface area contributed by atoms with Gasteiger partial charge >= 0.3 is 0 Å². The van der Waals surface area contributed by atoms with Gasteiger partial charge in [0, 0.05) is 13.0 Å². The Morgan fingerprint density at radius 3 is 2.18 bits per heavy atom. The van der Waals surface area contributed by atoms with Crippen LogP contribution in [0, 0.1) is 0 Å². The minimum atomic E-state index is -0.255. The van der Waals surface area contributed by atoms with Crippen molar-refractivity contribution in [2.45, 2.75) is 12.8 Å². The molecule has 0 radical (unpaired) electrons. The van der Waals surface area contributed by atoms with E-state index in [0.717, 1.165) is 0 Å². The third kappa shape index (κ3) is 2.06. The van der Waals surface area contributed by atoms with Gasteiger partial charge in [-0.25, -0.2) is 0 Å². The highest BCUT2D eigenvalue weighted by Crippen LogP contribution is 2.22. The van der Waals surface area contributed by atoms with E-state index in [1.807, 2.05) is 0 Å². The third-order valence-corrected chi connectivity index (χ3v) is 2.73. The molecule has 17 heavy (non-hydrogen) atoms. The quantitative estimate of drug-likeness (QED) is 0.638. The van der Waals surface area contributed by atoms with Gasteiger partial charge in [-0.05, 0) is 18.6 Å². The summed E-state index contributed by atoms with van der Waals surface area (Å²) in [7, 11) is 0. The summed E-state index contributed by atoms with van der Waals surface area (Å²) in [5, 5.41) is 8.95. The first kappa shape index (κ1) is 11.4. The predicted octanol–water partition coefficient (Wildman–Crippen LogP) is 2.13. The molecule has 0 atom stereocenters. The number of aliphatic hydroxyl groups is 1. The van der Waals surface area contributed by atoms with Crippen LogP contribution in [0.3, 0.4) is 0 Å². The second-order valence-electron chi connectivity index (χ2n) is 3.98. The van der Waals surface area contributed by atoms with Crippen LogP contribution in [0.15, 0.2) is 36.6 Å². The lowest BCUT2D eigenvalue weighted by Gasteiger charge is -2.12. The summed E-state index contributed by atoms with van der Waals surface area (Å²) in [6.07, 6.45) is 0.925. The van der Waals surface area contributed by atoms with Crippen LogP contribution in [-0.4, -0.2) is 28.4 Å². The van der Waals surface area contributed by atoms with Crippen molar-refractivity contribution in [2.24, 2.45) is 0 Å². The Labute approximate surface area is 99.2 Å². The molecule has 0 aliphatic carbocycles. The van der Waals surface area contributed by atoms with E-state index in [0.29, 0.717) is 30.5 Å². The average Bonchev–Trinajstić information content (AvgIpc) is 2.54. The van der Waals surface area contributed by atoms with E-state index < -0.39 is 0 Å². The monoisotopic (exact) mass is 231 g/mol. The number of hydrogen-bond acceptors (Lipinski definition) is 3. The third-order valence-electron chi connectivity index (χ3n) is 2.73. The number of carbonyl (C=O) groups is 2. The van der Waals surface area contributed by atoms with Gasteiger partial charge in [0.15, 0.2) is 0 Å². The summed E-state index contributed by atoms with van der Waals surface area (Å²) in [4.78, 5) is 25.0. The molecule has 2 rings (SSSR count). The maximum Gasteiger partial charge on any atom is 0.261 e. The Bertz CT molecular complexity index is 458.